The van der Waals surface area contributed by atoms with E-state index in [4.69, 9.17) is 0 Å². The molecule has 1 N–H and O–H groups in total. The molecule has 136 valence electrons. The molecule has 1 atom stereocenters. The fourth-order valence-electron chi connectivity index (χ4n) is 2.62. The summed E-state index contributed by atoms with van der Waals surface area (Å²) in [5, 5.41) is 2.80. The summed E-state index contributed by atoms with van der Waals surface area (Å²) in [5.74, 6) is -0.858. The molecule has 1 aromatic carbocycles. The molecular weight excluding hydrogens is 381 g/mol. The third-order valence-corrected chi connectivity index (χ3v) is 6.41. The Hall–Kier alpha value is -1.88. The van der Waals surface area contributed by atoms with Crippen LogP contribution in [0.5, 0.6) is 5.75 Å². The molecule has 0 radical (unpaired) electrons. The molecule has 11 heteroatoms. The molecule has 3 rings (SSSR count). The van der Waals surface area contributed by atoms with Crippen molar-refractivity contribution in [3.63, 3.8) is 0 Å². The molecule has 2 aromatic rings. The van der Waals surface area contributed by atoms with Gasteiger partial charge in [0, 0.05) is 12.5 Å². The number of carbonyl (C=O) groups is 1. The monoisotopic (exact) mass is 394 g/mol. The van der Waals surface area contributed by atoms with Gasteiger partial charge in [0.15, 0.2) is 15.0 Å². The van der Waals surface area contributed by atoms with Gasteiger partial charge in [0.05, 0.1) is 21.7 Å². The molecule has 1 amide bonds. The first-order chi connectivity index (χ1) is 11.6. The Balaban J connectivity index is 1.66. The van der Waals surface area contributed by atoms with E-state index in [0.717, 1.165) is 17.4 Å². The van der Waals surface area contributed by atoms with Crippen molar-refractivity contribution in [3.8, 4) is 5.75 Å². The van der Waals surface area contributed by atoms with Gasteiger partial charge < -0.3 is 10.1 Å². The van der Waals surface area contributed by atoms with Crippen molar-refractivity contribution >= 4 is 42.4 Å². The normalized spacial score (nSPS) is 19.9. The highest BCUT2D eigenvalue weighted by Gasteiger charge is 2.31. The summed E-state index contributed by atoms with van der Waals surface area (Å²) in [4.78, 5) is 16.1. The number of nitrogens with zero attached hydrogens (tertiary/aromatic N) is 1. The molecule has 1 saturated heterocycles. The van der Waals surface area contributed by atoms with Gasteiger partial charge in [-0.15, -0.1) is 13.2 Å². The van der Waals surface area contributed by atoms with Crippen LogP contribution in [0.4, 0.5) is 18.3 Å². The number of nitrogens with one attached hydrogen (secondary N) is 1. The first kappa shape index (κ1) is 17.9. The average Bonchev–Trinajstić information content (AvgIpc) is 2.98. The van der Waals surface area contributed by atoms with Gasteiger partial charge in [-0.05, 0) is 24.5 Å². The second kappa shape index (κ2) is 6.45. The zero-order valence-electron chi connectivity index (χ0n) is 12.7. The van der Waals surface area contributed by atoms with Crippen LogP contribution in [0.2, 0.25) is 0 Å². The minimum atomic E-state index is -4.78. The number of fused-ring (bicyclic) bond motifs is 1. The molecule has 0 spiro atoms. The Morgan fingerprint density at radius 3 is 2.80 bits per heavy atom. The number of anilines is 1. The molecule has 6 nitrogen and oxygen atoms in total. The zero-order chi connectivity index (χ0) is 18.2. The average molecular weight is 394 g/mol. The second-order valence-corrected chi connectivity index (χ2v) is 8.98. The van der Waals surface area contributed by atoms with Crippen molar-refractivity contribution in [3.05, 3.63) is 18.2 Å². The fourth-order valence-corrected chi connectivity index (χ4v) is 5.39. The number of aromatic nitrogens is 1. The van der Waals surface area contributed by atoms with Crippen molar-refractivity contribution in [2.45, 2.75) is 19.2 Å². The number of sulfone groups is 1. The molecule has 1 unspecified atom stereocenters. The maximum atomic E-state index is 12.2. The zero-order valence-corrected chi connectivity index (χ0v) is 14.3. The maximum absolute atomic E-state index is 12.2. The van der Waals surface area contributed by atoms with Crippen LogP contribution < -0.4 is 10.1 Å². The van der Waals surface area contributed by atoms with Crippen molar-refractivity contribution in [2.24, 2.45) is 5.92 Å². The summed E-state index contributed by atoms with van der Waals surface area (Å²) < 4.78 is 63.8. The van der Waals surface area contributed by atoms with Crippen LogP contribution in [0.25, 0.3) is 10.2 Å². The van der Waals surface area contributed by atoms with Crippen LogP contribution in [0.1, 0.15) is 12.8 Å². The molecule has 1 aliphatic rings. The second-order valence-electron chi connectivity index (χ2n) is 5.72. The largest absolute Gasteiger partial charge is 0.573 e. The molecule has 1 aromatic heterocycles. The van der Waals surface area contributed by atoms with Crippen molar-refractivity contribution < 1.29 is 31.1 Å². The van der Waals surface area contributed by atoms with Gasteiger partial charge in [-0.2, -0.15) is 0 Å². The molecule has 2 heterocycles. The third-order valence-electron chi connectivity index (χ3n) is 3.64. The standard InChI is InChI=1S/C14H13F3N2O4S2/c15-14(16,17)23-9-1-2-10-11(6-9)24-13(18-10)19-12(20)5-8-3-4-25(21,22)7-8/h1-2,6,8H,3-5,7H2,(H,18,19,20). The lowest BCUT2D eigenvalue weighted by atomic mass is 10.1. The quantitative estimate of drug-likeness (QED) is 0.862. The summed E-state index contributed by atoms with van der Waals surface area (Å²) in [5.41, 5.74) is 0.429. The van der Waals surface area contributed by atoms with E-state index in [2.05, 4.69) is 15.0 Å². The van der Waals surface area contributed by atoms with E-state index in [1.54, 1.807) is 0 Å². The fraction of sp³-hybridized carbons (Fsp3) is 0.429. The van der Waals surface area contributed by atoms with Crippen LogP contribution in [-0.2, 0) is 14.6 Å². The first-order valence-corrected chi connectivity index (χ1v) is 9.90. The maximum Gasteiger partial charge on any atom is 0.573 e. The van der Waals surface area contributed by atoms with E-state index in [1.807, 2.05) is 0 Å². The van der Waals surface area contributed by atoms with E-state index in [-0.39, 0.29) is 40.6 Å². The Morgan fingerprint density at radius 2 is 2.16 bits per heavy atom. The number of hydrogen-bond donors (Lipinski definition) is 1. The van der Waals surface area contributed by atoms with Gasteiger partial charge in [0.25, 0.3) is 0 Å². The molecule has 1 fully saturated rings. The highest BCUT2D eigenvalue weighted by molar-refractivity contribution is 7.91. The van der Waals surface area contributed by atoms with Crippen molar-refractivity contribution in [1.82, 2.24) is 4.98 Å². The highest BCUT2D eigenvalue weighted by Crippen LogP contribution is 2.32. The van der Waals surface area contributed by atoms with Crippen LogP contribution in [0.3, 0.4) is 0 Å². The number of hydrogen-bond acceptors (Lipinski definition) is 6. The van der Waals surface area contributed by atoms with Crippen molar-refractivity contribution in [1.29, 1.82) is 0 Å². The number of rotatable bonds is 4. The van der Waals surface area contributed by atoms with Gasteiger partial charge in [0.1, 0.15) is 5.75 Å². The Kier molecular flexibility index (Phi) is 4.62. The molecule has 0 aliphatic carbocycles. The van der Waals surface area contributed by atoms with Crippen LogP contribution in [-0.4, -0.2) is 37.2 Å². The lowest BCUT2D eigenvalue weighted by Gasteiger charge is -2.07. The van der Waals surface area contributed by atoms with Crippen LogP contribution >= 0.6 is 11.3 Å². The lowest BCUT2D eigenvalue weighted by Crippen LogP contribution is -2.17. The number of benzene rings is 1. The van der Waals surface area contributed by atoms with Gasteiger partial charge in [-0.25, -0.2) is 13.4 Å². The Bertz CT molecular complexity index is 908. The van der Waals surface area contributed by atoms with E-state index in [9.17, 15) is 26.4 Å². The summed E-state index contributed by atoms with van der Waals surface area (Å²) >= 11 is 1.01. The summed E-state index contributed by atoms with van der Waals surface area (Å²) in [6.07, 6.45) is -4.26. The minimum Gasteiger partial charge on any atom is -0.406 e. The number of ether oxygens (including phenoxy) is 1. The number of amides is 1. The van der Waals surface area contributed by atoms with Gasteiger partial charge in [0.2, 0.25) is 5.91 Å². The summed E-state index contributed by atoms with van der Waals surface area (Å²) in [6, 6.07) is 3.70. The summed E-state index contributed by atoms with van der Waals surface area (Å²) in [7, 11) is -3.05. The third kappa shape index (κ3) is 4.82. The Labute approximate surface area is 144 Å². The van der Waals surface area contributed by atoms with Gasteiger partial charge >= 0.3 is 6.36 Å². The molecule has 1 aliphatic heterocycles. The number of alkyl halides is 3. The lowest BCUT2D eigenvalue weighted by molar-refractivity contribution is -0.274. The number of carbonyl (C=O) groups excluding carboxylic acids is 1. The SMILES string of the molecule is O=C(CC1CCS(=O)(=O)C1)Nc1nc2ccc(OC(F)(F)F)cc2s1. The molecule has 0 saturated carbocycles. The smallest absolute Gasteiger partial charge is 0.406 e. The van der Waals surface area contributed by atoms with Crippen LogP contribution in [0.15, 0.2) is 18.2 Å². The van der Waals surface area contributed by atoms with Crippen molar-refractivity contribution in [2.75, 3.05) is 16.8 Å². The molecule has 0 bridgehead atoms. The highest BCUT2D eigenvalue weighted by atomic mass is 32.2. The number of thiazole rings is 1. The van der Waals surface area contributed by atoms with E-state index in [0.29, 0.717) is 16.6 Å². The topological polar surface area (TPSA) is 85.4 Å². The first-order valence-electron chi connectivity index (χ1n) is 7.26. The van der Waals surface area contributed by atoms with Crippen LogP contribution in [0, 0.1) is 5.92 Å². The van der Waals surface area contributed by atoms with Gasteiger partial charge in [-0.3, -0.25) is 4.79 Å². The predicted molar refractivity (Wildman–Crippen MR) is 86.3 cm³/mol. The van der Waals surface area contributed by atoms with E-state index in [1.165, 1.54) is 12.1 Å². The minimum absolute atomic E-state index is 0.00158. The molecular formula is C14H13F3N2O4S2. The van der Waals surface area contributed by atoms with E-state index >= 15 is 0 Å². The van der Waals surface area contributed by atoms with E-state index < -0.39 is 16.2 Å². The summed E-state index contributed by atoms with van der Waals surface area (Å²) in [6.45, 7) is 0. The van der Waals surface area contributed by atoms with Gasteiger partial charge in [-0.1, -0.05) is 11.3 Å². The molecule has 25 heavy (non-hydrogen) atoms. The number of halogens is 3. The Morgan fingerprint density at radius 1 is 1.40 bits per heavy atom. The predicted octanol–water partition coefficient (Wildman–Crippen LogP) is 2.96.